The van der Waals surface area contributed by atoms with Crippen molar-refractivity contribution in [1.82, 2.24) is 14.9 Å². The molecule has 1 saturated heterocycles. The number of hydrogen-bond donors (Lipinski definition) is 1. The van der Waals surface area contributed by atoms with Gasteiger partial charge >= 0.3 is 12.3 Å². The largest absolute Gasteiger partial charge is 0.434 e. The Morgan fingerprint density at radius 3 is 2.39 bits per heavy atom. The summed E-state index contributed by atoms with van der Waals surface area (Å²) in [5.74, 6) is -0.211. The fourth-order valence-electron chi connectivity index (χ4n) is 1.18. The Kier molecular flexibility index (Phi) is 3.21. The number of anilines is 1. The van der Waals surface area contributed by atoms with Crippen LogP contribution >= 0.6 is 0 Å². The Bertz CT molecular complexity index is 430. The zero-order valence-corrected chi connectivity index (χ0v) is 9.07. The van der Waals surface area contributed by atoms with E-state index in [4.69, 9.17) is 0 Å². The third-order valence-corrected chi connectivity index (χ3v) is 2.32. The number of nitrogens with one attached hydrogen (secondary N) is 1. The van der Waals surface area contributed by atoms with E-state index in [1.807, 2.05) is 0 Å². The smallest absolute Gasteiger partial charge is 0.321 e. The van der Waals surface area contributed by atoms with E-state index in [1.54, 1.807) is 0 Å². The number of carbonyl (C=O) groups excluding carboxylic acids is 1. The Morgan fingerprint density at radius 2 is 1.94 bits per heavy atom. The van der Waals surface area contributed by atoms with Crippen LogP contribution in [0.2, 0.25) is 0 Å². The van der Waals surface area contributed by atoms with Crippen LogP contribution in [-0.2, 0) is 11.0 Å². The molecule has 1 aromatic heterocycles. The van der Waals surface area contributed by atoms with Gasteiger partial charge in [-0.3, -0.25) is 0 Å². The van der Waals surface area contributed by atoms with E-state index in [1.165, 1.54) is 4.90 Å². The minimum absolute atomic E-state index is 0.211. The van der Waals surface area contributed by atoms with Gasteiger partial charge in [-0.1, -0.05) is 0 Å². The predicted molar refractivity (Wildman–Crippen MR) is 53.3 cm³/mol. The number of nitrogens with zero attached hydrogens (tertiary/aromatic N) is 3. The highest BCUT2D eigenvalue weighted by Crippen LogP contribution is 2.27. The summed E-state index contributed by atoms with van der Waals surface area (Å²) in [7, 11) is 0. The van der Waals surface area contributed by atoms with Gasteiger partial charge in [0, 0.05) is 25.5 Å². The molecule has 18 heavy (non-hydrogen) atoms. The lowest BCUT2D eigenvalue weighted by Gasteiger charge is -2.29. The van der Waals surface area contributed by atoms with E-state index < -0.39 is 17.8 Å². The maximum atomic E-state index is 12.2. The van der Waals surface area contributed by atoms with E-state index in [0.29, 0.717) is 25.5 Å². The second-order valence-corrected chi connectivity index (χ2v) is 3.60. The average Bonchev–Trinajstić information content (AvgIpc) is 2.23. The SMILES string of the molecule is O=C(ONc1ncc(C(F)(F)F)cn1)N1CCC1. The van der Waals surface area contributed by atoms with Crippen molar-refractivity contribution in [2.24, 2.45) is 0 Å². The Hall–Kier alpha value is -2.06. The van der Waals surface area contributed by atoms with Crippen molar-refractivity contribution in [3.05, 3.63) is 18.0 Å². The van der Waals surface area contributed by atoms with Crippen molar-refractivity contribution >= 4 is 12.0 Å². The molecular formula is C9H9F3N4O2. The fourth-order valence-corrected chi connectivity index (χ4v) is 1.18. The summed E-state index contributed by atoms with van der Waals surface area (Å²) in [5.41, 5.74) is 1.12. The van der Waals surface area contributed by atoms with Gasteiger partial charge in [0.1, 0.15) is 0 Å². The number of rotatable bonds is 2. The highest BCUT2D eigenvalue weighted by molar-refractivity contribution is 5.69. The molecule has 1 aromatic rings. The van der Waals surface area contributed by atoms with Crippen molar-refractivity contribution in [2.75, 3.05) is 18.6 Å². The zero-order valence-electron chi connectivity index (χ0n) is 9.07. The number of aromatic nitrogens is 2. The van der Waals surface area contributed by atoms with Gasteiger partial charge in [0.05, 0.1) is 5.56 Å². The van der Waals surface area contributed by atoms with Crippen molar-refractivity contribution < 1.29 is 22.8 Å². The summed E-state index contributed by atoms with van der Waals surface area (Å²) in [5, 5.41) is 0. The van der Waals surface area contributed by atoms with E-state index in [2.05, 4.69) is 20.3 Å². The molecule has 0 aromatic carbocycles. The van der Waals surface area contributed by atoms with Crippen molar-refractivity contribution in [1.29, 1.82) is 0 Å². The van der Waals surface area contributed by atoms with Gasteiger partial charge in [-0.15, -0.1) is 0 Å². The van der Waals surface area contributed by atoms with Crippen molar-refractivity contribution in [2.45, 2.75) is 12.6 Å². The maximum absolute atomic E-state index is 12.2. The molecule has 1 N–H and O–H groups in total. The van der Waals surface area contributed by atoms with Gasteiger partial charge in [0.15, 0.2) is 0 Å². The molecular weight excluding hydrogens is 253 g/mol. The average molecular weight is 262 g/mol. The van der Waals surface area contributed by atoms with Crippen LogP contribution in [0.5, 0.6) is 0 Å². The van der Waals surface area contributed by atoms with Crippen LogP contribution in [0.4, 0.5) is 23.9 Å². The summed E-state index contributed by atoms with van der Waals surface area (Å²) in [6, 6.07) is 0. The molecule has 0 radical (unpaired) electrons. The van der Waals surface area contributed by atoms with Crippen LogP contribution in [0.25, 0.3) is 0 Å². The van der Waals surface area contributed by atoms with Gasteiger partial charge in [-0.05, 0) is 6.42 Å². The van der Waals surface area contributed by atoms with E-state index >= 15 is 0 Å². The minimum Gasteiger partial charge on any atom is -0.321 e. The molecule has 0 aliphatic carbocycles. The lowest BCUT2D eigenvalue weighted by Crippen LogP contribution is -2.43. The summed E-state index contributed by atoms with van der Waals surface area (Å²) >= 11 is 0. The molecule has 1 fully saturated rings. The molecule has 6 nitrogen and oxygen atoms in total. The van der Waals surface area contributed by atoms with E-state index in [9.17, 15) is 18.0 Å². The molecule has 0 saturated carbocycles. The highest BCUT2D eigenvalue weighted by Gasteiger charge is 2.31. The Balaban J connectivity index is 1.88. The number of amides is 1. The number of likely N-dealkylation sites (tertiary alicyclic amines) is 1. The molecule has 0 atom stereocenters. The first-order chi connectivity index (χ1) is 8.47. The lowest BCUT2D eigenvalue weighted by atomic mass is 10.2. The fraction of sp³-hybridized carbons (Fsp3) is 0.444. The van der Waals surface area contributed by atoms with Crippen LogP contribution in [0, 0.1) is 0 Å². The Morgan fingerprint density at radius 1 is 1.33 bits per heavy atom. The predicted octanol–water partition coefficient (Wildman–Crippen LogP) is 1.66. The van der Waals surface area contributed by atoms with Gasteiger partial charge in [-0.25, -0.2) is 14.8 Å². The lowest BCUT2D eigenvalue weighted by molar-refractivity contribution is -0.138. The molecule has 0 unspecified atom stereocenters. The molecule has 0 bridgehead atoms. The first-order valence-corrected chi connectivity index (χ1v) is 5.08. The highest BCUT2D eigenvalue weighted by atomic mass is 19.4. The zero-order chi connectivity index (χ0) is 13.2. The second-order valence-electron chi connectivity index (χ2n) is 3.60. The van der Waals surface area contributed by atoms with E-state index in [-0.39, 0.29) is 5.95 Å². The van der Waals surface area contributed by atoms with Gasteiger partial charge in [0.25, 0.3) is 5.95 Å². The molecule has 0 spiro atoms. The van der Waals surface area contributed by atoms with E-state index in [0.717, 1.165) is 6.42 Å². The number of carbonyl (C=O) groups is 1. The van der Waals surface area contributed by atoms with Crippen LogP contribution in [0.3, 0.4) is 0 Å². The third kappa shape index (κ3) is 2.79. The van der Waals surface area contributed by atoms with Gasteiger partial charge in [-0.2, -0.15) is 18.7 Å². The summed E-state index contributed by atoms with van der Waals surface area (Å²) in [4.78, 5) is 24.0. The quantitative estimate of drug-likeness (QED) is 0.821. The number of hydrogen-bond acceptors (Lipinski definition) is 5. The number of halogens is 3. The molecule has 2 heterocycles. The summed E-state index contributed by atoms with van der Waals surface area (Å²) < 4.78 is 36.6. The normalized spacial score (nSPS) is 14.9. The third-order valence-electron chi connectivity index (χ3n) is 2.32. The first kappa shape index (κ1) is 12.4. The Labute approximate surface area is 99.7 Å². The minimum atomic E-state index is -4.49. The van der Waals surface area contributed by atoms with Crippen molar-refractivity contribution in [3.8, 4) is 0 Å². The molecule has 1 aliphatic rings. The van der Waals surface area contributed by atoms with Crippen LogP contribution in [-0.4, -0.2) is 34.1 Å². The topological polar surface area (TPSA) is 67.3 Å². The van der Waals surface area contributed by atoms with Crippen molar-refractivity contribution in [3.63, 3.8) is 0 Å². The van der Waals surface area contributed by atoms with Gasteiger partial charge in [0.2, 0.25) is 0 Å². The maximum Gasteiger partial charge on any atom is 0.434 e. The number of alkyl halides is 3. The summed E-state index contributed by atoms with van der Waals surface area (Å²) in [6.07, 6.45) is -2.98. The van der Waals surface area contributed by atoms with Crippen LogP contribution in [0.15, 0.2) is 12.4 Å². The molecule has 1 aliphatic heterocycles. The van der Waals surface area contributed by atoms with Gasteiger partial charge < -0.3 is 9.74 Å². The molecule has 2 rings (SSSR count). The summed E-state index contributed by atoms with van der Waals surface area (Å²) in [6.45, 7) is 1.21. The monoisotopic (exact) mass is 262 g/mol. The molecule has 98 valence electrons. The second kappa shape index (κ2) is 4.67. The molecule has 9 heteroatoms. The first-order valence-electron chi connectivity index (χ1n) is 5.08. The molecule has 1 amide bonds. The van der Waals surface area contributed by atoms with Crippen LogP contribution < -0.4 is 5.48 Å². The van der Waals surface area contributed by atoms with Crippen LogP contribution in [0.1, 0.15) is 12.0 Å². The standard InChI is InChI=1S/C9H9F3N4O2/c10-9(11,12)6-4-13-7(14-5-6)15-18-8(17)16-2-1-3-16/h4-5H,1-3H2,(H,13,14,15).